The Morgan fingerprint density at radius 1 is 1.00 bits per heavy atom. The third kappa shape index (κ3) is 6.12. The zero-order chi connectivity index (χ0) is 21.6. The first-order valence-corrected chi connectivity index (χ1v) is 11.0. The Labute approximate surface area is 172 Å². The van der Waals surface area contributed by atoms with Crippen molar-refractivity contribution in [3.8, 4) is 11.5 Å². The molecule has 0 spiro atoms. The molecule has 2 aromatic carbocycles. The molecule has 1 amide bonds. The summed E-state index contributed by atoms with van der Waals surface area (Å²) in [6.07, 6.45) is 1.67. The van der Waals surface area contributed by atoms with E-state index in [-0.39, 0.29) is 12.5 Å². The van der Waals surface area contributed by atoms with Crippen LogP contribution in [0.3, 0.4) is 0 Å². The summed E-state index contributed by atoms with van der Waals surface area (Å²) in [5.74, 6) is 0.890. The summed E-state index contributed by atoms with van der Waals surface area (Å²) in [7, 11) is -0.459. The van der Waals surface area contributed by atoms with E-state index in [4.69, 9.17) is 9.47 Å². The normalized spacial score (nSPS) is 11.1. The second kappa shape index (κ2) is 9.65. The Hall–Kier alpha value is -2.74. The number of rotatable bonds is 9. The average Bonchev–Trinajstić information content (AvgIpc) is 2.67. The van der Waals surface area contributed by atoms with Crippen molar-refractivity contribution in [1.29, 1.82) is 0 Å². The molecule has 8 heteroatoms. The highest BCUT2D eigenvalue weighted by molar-refractivity contribution is 7.92. The molecule has 0 bridgehead atoms. The minimum absolute atomic E-state index is 0.271. The molecule has 0 aliphatic heterocycles. The minimum atomic E-state index is -3.59. The number of nitrogens with one attached hydrogen (secondary N) is 1. The standard InChI is InChI=1S/C21H28N2O5S/c1-15-6-8-18(12-16(15)2)23(29(5,25)26)14-21(24)22-11-10-17-7-9-19(27-3)20(13-17)28-4/h6-9,12-13H,10-11,14H2,1-5H3,(H,22,24). The third-order valence-electron chi connectivity index (χ3n) is 4.65. The van der Waals surface area contributed by atoms with Gasteiger partial charge >= 0.3 is 0 Å². The number of sulfonamides is 1. The summed E-state index contributed by atoms with van der Waals surface area (Å²) in [4.78, 5) is 12.4. The molecule has 0 fully saturated rings. The van der Waals surface area contributed by atoms with Gasteiger partial charge in [0, 0.05) is 6.54 Å². The van der Waals surface area contributed by atoms with E-state index < -0.39 is 10.0 Å². The number of amides is 1. The molecular formula is C21H28N2O5S. The van der Waals surface area contributed by atoms with Gasteiger partial charge in [-0.05, 0) is 61.2 Å². The number of hydrogen-bond donors (Lipinski definition) is 1. The van der Waals surface area contributed by atoms with Crippen LogP contribution in [0, 0.1) is 13.8 Å². The summed E-state index contributed by atoms with van der Waals surface area (Å²) in [6, 6.07) is 10.9. The molecule has 0 atom stereocenters. The van der Waals surface area contributed by atoms with Crippen molar-refractivity contribution in [1.82, 2.24) is 5.32 Å². The van der Waals surface area contributed by atoms with Crippen molar-refractivity contribution in [2.45, 2.75) is 20.3 Å². The maximum atomic E-state index is 12.4. The fourth-order valence-corrected chi connectivity index (χ4v) is 3.70. The Balaban J connectivity index is 2.01. The van der Waals surface area contributed by atoms with E-state index in [9.17, 15) is 13.2 Å². The van der Waals surface area contributed by atoms with Gasteiger partial charge in [-0.2, -0.15) is 0 Å². The summed E-state index contributed by atoms with van der Waals surface area (Å²) in [5, 5.41) is 2.78. The lowest BCUT2D eigenvalue weighted by Gasteiger charge is -2.22. The van der Waals surface area contributed by atoms with Crippen LogP contribution >= 0.6 is 0 Å². The van der Waals surface area contributed by atoms with E-state index in [1.807, 2.05) is 32.0 Å². The number of aryl methyl sites for hydroxylation is 2. The van der Waals surface area contributed by atoms with Crippen molar-refractivity contribution in [3.63, 3.8) is 0 Å². The molecule has 2 aromatic rings. The summed E-state index contributed by atoms with van der Waals surface area (Å²) < 4.78 is 36.0. The van der Waals surface area contributed by atoms with Gasteiger partial charge in [0.2, 0.25) is 15.9 Å². The van der Waals surface area contributed by atoms with Gasteiger partial charge in [0.15, 0.2) is 11.5 Å². The molecule has 158 valence electrons. The number of ether oxygens (including phenoxy) is 2. The predicted molar refractivity (Wildman–Crippen MR) is 114 cm³/mol. The summed E-state index contributed by atoms with van der Waals surface area (Å²) in [5.41, 5.74) is 3.47. The number of anilines is 1. The van der Waals surface area contributed by atoms with Crippen LogP contribution in [0.25, 0.3) is 0 Å². The van der Waals surface area contributed by atoms with Gasteiger partial charge in [-0.3, -0.25) is 9.10 Å². The van der Waals surface area contributed by atoms with Crippen LogP contribution in [0.1, 0.15) is 16.7 Å². The zero-order valence-corrected chi connectivity index (χ0v) is 18.3. The van der Waals surface area contributed by atoms with E-state index >= 15 is 0 Å². The highest BCUT2D eigenvalue weighted by atomic mass is 32.2. The van der Waals surface area contributed by atoms with Gasteiger partial charge in [0.05, 0.1) is 26.2 Å². The SMILES string of the molecule is COc1ccc(CCNC(=O)CN(c2ccc(C)c(C)c2)S(C)(=O)=O)cc1OC. The fraction of sp³-hybridized carbons (Fsp3) is 0.381. The number of benzene rings is 2. The molecule has 0 radical (unpaired) electrons. The number of carbonyl (C=O) groups is 1. The van der Waals surface area contributed by atoms with Crippen molar-refractivity contribution in [2.24, 2.45) is 0 Å². The van der Waals surface area contributed by atoms with Crippen LogP contribution in [0.4, 0.5) is 5.69 Å². The molecule has 0 aromatic heterocycles. The second-order valence-electron chi connectivity index (χ2n) is 6.83. The Bertz CT molecular complexity index is 973. The molecule has 0 aliphatic carbocycles. The monoisotopic (exact) mass is 420 g/mol. The largest absolute Gasteiger partial charge is 0.493 e. The predicted octanol–water partition coefficient (Wildman–Crippen LogP) is 2.45. The summed E-state index contributed by atoms with van der Waals surface area (Å²) >= 11 is 0. The number of hydrogen-bond acceptors (Lipinski definition) is 5. The van der Waals surface area contributed by atoms with E-state index in [1.54, 1.807) is 32.4 Å². The quantitative estimate of drug-likeness (QED) is 0.674. The third-order valence-corrected chi connectivity index (χ3v) is 5.79. The highest BCUT2D eigenvalue weighted by Crippen LogP contribution is 2.27. The number of nitrogens with zero attached hydrogens (tertiary/aromatic N) is 1. The fourth-order valence-electron chi connectivity index (χ4n) is 2.85. The first kappa shape index (κ1) is 22.5. The number of methoxy groups -OCH3 is 2. The van der Waals surface area contributed by atoms with Crippen molar-refractivity contribution >= 4 is 21.6 Å². The topological polar surface area (TPSA) is 84.9 Å². The van der Waals surface area contributed by atoms with Crippen LogP contribution in [-0.4, -0.2) is 47.9 Å². The minimum Gasteiger partial charge on any atom is -0.493 e. The molecule has 2 rings (SSSR count). The molecule has 0 heterocycles. The second-order valence-corrected chi connectivity index (χ2v) is 8.73. The van der Waals surface area contributed by atoms with Gasteiger partial charge in [-0.25, -0.2) is 8.42 Å². The van der Waals surface area contributed by atoms with Crippen molar-refractivity contribution in [3.05, 3.63) is 53.1 Å². The van der Waals surface area contributed by atoms with Crippen molar-refractivity contribution < 1.29 is 22.7 Å². The van der Waals surface area contributed by atoms with Crippen LogP contribution in [-0.2, 0) is 21.2 Å². The van der Waals surface area contributed by atoms with Gasteiger partial charge in [-0.1, -0.05) is 12.1 Å². The maximum Gasteiger partial charge on any atom is 0.240 e. The van der Waals surface area contributed by atoms with E-state index in [0.717, 1.165) is 27.3 Å². The first-order chi connectivity index (χ1) is 13.7. The Morgan fingerprint density at radius 2 is 1.69 bits per heavy atom. The van der Waals surface area contributed by atoms with Gasteiger partial charge in [0.1, 0.15) is 6.54 Å². The zero-order valence-electron chi connectivity index (χ0n) is 17.5. The Kier molecular flexibility index (Phi) is 7.50. The molecule has 7 nitrogen and oxygen atoms in total. The van der Waals surface area contributed by atoms with E-state index in [2.05, 4.69) is 5.32 Å². The maximum absolute atomic E-state index is 12.4. The molecule has 0 aliphatic rings. The lowest BCUT2D eigenvalue weighted by Crippen LogP contribution is -2.41. The molecule has 0 saturated carbocycles. The lowest BCUT2D eigenvalue weighted by molar-refractivity contribution is -0.119. The van der Waals surface area contributed by atoms with Crippen LogP contribution in [0.2, 0.25) is 0 Å². The smallest absolute Gasteiger partial charge is 0.240 e. The van der Waals surface area contributed by atoms with Crippen molar-refractivity contribution in [2.75, 3.05) is 37.9 Å². The Morgan fingerprint density at radius 3 is 2.28 bits per heavy atom. The van der Waals surface area contributed by atoms with E-state index in [0.29, 0.717) is 30.2 Å². The highest BCUT2D eigenvalue weighted by Gasteiger charge is 2.21. The number of carbonyl (C=O) groups excluding carboxylic acids is 1. The van der Waals surface area contributed by atoms with E-state index in [1.165, 1.54) is 0 Å². The van der Waals surface area contributed by atoms with Crippen LogP contribution < -0.4 is 19.1 Å². The molecule has 0 saturated heterocycles. The molecule has 29 heavy (non-hydrogen) atoms. The van der Waals surface area contributed by atoms with Gasteiger partial charge in [0.25, 0.3) is 0 Å². The van der Waals surface area contributed by atoms with Crippen LogP contribution in [0.5, 0.6) is 11.5 Å². The average molecular weight is 421 g/mol. The molecular weight excluding hydrogens is 392 g/mol. The van der Waals surface area contributed by atoms with Crippen LogP contribution in [0.15, 0.2) is 36.4 Å². The first-order valence-electron chi connectivity index (χ1n) is 9.18. The molecule has 1 N–H and O–H groups in total. The molecule has 0 unspecified atom stereocenters. The van der Waals surface area contributed by atoms with Gasteiger partial charge < -0.3 is 14.8 Å². The lowest BCUT2D eigenvalue weighted by atomic mass is 10.1. The summed E-state index contributed by atoms with van der Waals surface area (Å²) in [6.45, 7) is 3.96. The van der Waals surface area contributed by atoms with Gasteiger partial charge in [-0.15, -0.1) is 0 Å².